The number of aromatic carboxylic acids is 1. The van der Waals surface area contributed by atoms with Crippen LogP contribution in [0, 0.1) is 0 Å². The van der Waals surface area contributed by atoms with Gasteiger partial charge in [-0.05, 0) is 18.2 Å². The summed E-state index contributed by atoms with van der Waals surface area (Å²) < 4.78 is 0.522. The number of carboxylic acid groups (broad SMARTS) is 1. The number of nitrogens with one attached hydrogen (secondary N) is 1. The molecule has 0 bridgehead atoms. The summed E-state index contributed by atoms with van der Waals surface area (Å²) in [6, 6.07) is 4.09. The van der Waals surface area contributed by atoms with Crippen LogP contribution in [-0.4, -0.2) is 17.0 Å². The van der Waals surface area contributed by atoms with E-state index in [1.165, 1.54) is 18.2 Å². The number of hydrogen-bond donors (Lipinski definition) is 2. The van der Waals surface area contributed by atoms with E-state index in [2.05, 4.69) is 5.32 Å². The molecule has 1 aromatic carbocycles. The Bertz CT molecular complexity index is 744. The summed E-state index contributed by atoms with van der Waals surface area (Å²) in [5.74, 6) is -1.94. The fourth-order valence-corrected chi connectivity index (χ4v) is 3.46. The Kier molecular flexibility index (Phi) is 5.01. The number of carbonyl (C=O) groups excluding carboxylic acids is 1. The summed E-state index contributed by atoms with van der Waals surface area (Å²) in [5.41, 5.74) is -0.269. The molecule has 1 heterocycles. The van der Waals surface area contributed by atoms with Crippen molar-refractivity contribution in [3.8, 4) is 0 Å². The quantitative estimate of drug-likeness (QED) is 0.753. The SMILES string of the molecule is O=C(Nc1c(Cl)ccc(Cl)c1C(=O)O)c1cc(Cl)sc1Cl. The van der Waals surface area contributed by atoms with Crippen LogP contribution in [0.25, 0.3) is 0 Å². The third kappa shape index (κ3) is 3.44. The van der Waals surface area contributed by atoms with Gasteiger partial charge in [0, 0.05) is 0 Å². The van der Waals surface area contributed by atoms with Crippen molar-refractivity contribution in [2.24, 2.45) is 0 Å². The molecule has 9 heteroatoms. The van der Waals surface area contributed by atoms with Crippen molar-refractivity contribution in [1.82, 2.24) is 0 Å². The highest BCUT2D eigenvalue weighted by Crippen LogP contribution is 2.35. The van der Waals surface area contributed by atoms with E-state index in [4.69, 9.17) is 46.4 Å². The molecule has 21 heavy (non-hydrogen) atoms. The number of hydrogen-bond acceptors (Lipinski definition) is 3. The first-order chi connectivity index (χ1) is 9.81. The maximum absolute atomic E-state index is 12.1. The van der Waals surface area contributed by atoms with Crippen molar-refractivity contribution in [3.05, 3.63) is 48.0 Å². The minimum absolute atomic E-state index is 0.0441. The maximum atomic E-state index is 12.1. The third-order valence-electron chi connectivity index (χ3n) is 2.46. The van der Waals surface area contributed by atoms with E-state index >= 15 is 0 Å². The average molecular weight is 385 g/mol. The fourth-order valence-electron chi connectivity index (χ4n) is 1.56. The minimum Gasteiger partial charge on any atom is -0.478 e. The van der Waals surface area contributed by atoms with Gasteiger partial charge in [0.05, 0.1) is 25.6 Å². The molecule has 0 saturated heterocycles. The lowest BCUT2D eigenvalue weighted by molar-refractivity contribution is 0.0698. The molecule has 4 nitrogen and oxygen atoms in total. The summed E-state index contributed by atoms with van der Waals surface area (Å²) in [6.45, 7) is 0. The number of carbonyl (C=O) groups is 2. The van der Waals surface area contributed by atoms with Crippen molar-refractivity contribution in [1.29, 1.82) is 0 Å². The van der Waals surface area contributed by atoms with Gasteiger partial charge in [0.25, 0.3) is 5.91 Å². The summed E-state index contributed by atoms with van der Waals surface area (Å²) >= 11 is 24.4. The molecule has 110 valence electrons. The Labute approximate surface area is 143 Å². The standard InChI is InChI=1S/C12H5Cl4NO3S/c13-5-1-2-6(14)9(8(5)12(19)20)17-11(18)4-3-7(15)21-10(4)16/h1-3H,(H,17,18)(H,19,20). The van der Waals surface area contributed by atoms with E-state index in [1.807, 2.05) is 0 Å². The van der Waals surface area contributed by atoms with Gasteiger partial charge >= 0.3 is 5.97 Å². The molecule has 0 aliphatic rings. The molecule has 0 saturated carbocycles. The number of benzene rings is 1. The van der Waals surface area contributed by atoms with Gasteiger partial charge in [0.15, 0.2) is 0 Å². The molecule has 2 aromatic rings. The second-order valence-electron chi connectivity index (χ2n) is 3.78. The van der Waals surface area contributed by atoms with E-state index in [0.29, 0.717) is 4.34 Å². The van der Waals surface area contributed by atoms with Crippen LogP contribution in [0.5, 0.6) is 0 Å². The topological polar surface area (TPSA) is 66.4 Å². The summed E-state index contributed by atoms with van der Waals surface area (Å²) in [6.07, 6.45) is 0. The first-order valence-electron chi connectivity index (χ1n) is 5.28. The average Bonchev–Trinajstić information content (AvgIpc) is 2.72. The van der Waals surface area contributed by atoms with Gasteiger partial charge in [-0.3, -0.25) is 4.79 Å². The van der Waals surface area contributed by atoms with E-state index in [9.17, 15) is 14.7 Å². The van der Waals surface area contributed by atoms with Crippen LogP contribution in [0.15, 0.2) is 18.2 Å². The molecule has 0 fully saturated rings. The Morgan fingerprint density at radius 1 is 1.10 bits per heavy atom. The van der Waals surface area contributed by atoms with Crippen LogP contribution in [0.4, 0.5) is 5.69 Å². The van der Waals surface area contributed by atoms with Crippen LogP contribution >= 0.6 is 57.7 Å². The fraction of sp³-hybridized carbons (Fsp3) is 0. The molecule has 0 atom stereocenters. The maximum Gasteiger partial charge on any atom is 0.339 e. The molecule has 2 rings (SSSR count). The van der Waals surface area contributed by atoms with Crippen molar-refractivity contribution in [2.75, 3.05) is 5.32 Å². The monoisotopic (exact) mass is 383 g/mol. The van der Waals surface area contributed by atoms with Crippen LogP contribution in [0.3, 0.4) is 0 Å². The van der Waals surface area contributed by atoms with Crippen LogP contribution < -0.4 is 5.32 Å². The smallest absolute Gasteiger partial charge is 0.339 e. The molecule has 0 aliphatic carbocycles. The van der Waals surface area contributed by atoms with E-state index < -0.39 is 11.9 Å². The van der Waals surface area contributed by atoms with Gasteiger partial charge in [-0.25, -0.2) is 4.79 Å². The van der Waals surface area contributed by atoms with Gasteiger partial charge in [0.2, 0.25) is 0 Å². The Morgan fingerprint density at radius 3 is 2.24 bits per heavy atom. The highest BCUT2D eigenvalue weighted by molar-refractivity contribution is 7.20. The first-order valence-corrected chi connectivity index (χ1v) is 7.61. The van der Waals surface area contributed by atoms with Gasteiger partial charge in [-0.15, -0.1) is 11.3 Å². The Hall–Kier alpha value is -0.980. The van der Waals surface area contributed by atoms with E-state index in [-0.39, 0.29) is 31.2 Å². The lowest BCUT2D eigenvalue weighted by Crippen LogP contribution is -2.15. The normalized spacial score (nSPS) is 10.5. The van der Waals surface area contributed by atoms with E-state index in [1.54, 1.807) is 0 Å². The van der Waals surface area contributed by atoms with Gasteiger partial charge in [-0.1, -0.05) is 46.4 Å². The zero-order valence-corrected chi connectivity index (χ0v) is 13.8. The molecule has 2 N–H and O–H groups in total. The van der Waals surface area contributed by atoms with Crippen molar-refractivity contribution in [2.45, 2.75) is 0 Å². The molecule has 0 unspecified atom stereocenters. The molecular formula is C12H5Cl4NO3S. The van der Waals surface area contributed by atoms with Gasteiger partial charge in [0.1, 0.15) is 9.90 Å². The Balaban J connectivity index is 2.44. The number of thiophene rings is 1. The molecular weight excluding hydrogens is 380 g/mol. The predicted octanol–water partition coefficient (Wildman–Crippen LogP) is 5.31. The first kappa shape index (κ1) is 16.4. The largest absolute Gasteiger partial charge is 0.478 e. The number of anilines is 1. The van der Waals surface area contributed by atoms with Crippen LogP contribution in [-0.2, 0) is 0 Å². The van der Waals surface area contributed by atoms with Gasteiger partial charge in [-0.2, -0.15) is 0 Å². The van der Waals surface area contributed by atoms with Crippen molar-refractivity contribution < 1.29 is 14.7 Å². The second kappa shape index (κ2) is 6.42. The second-order valence-corrected chi connectivity index (χ2v) is 6.88. The lowest BCUT2D eigenvalue weighted by Gasteiger charge is -2.11. The molecule has 0 radical (unpaired) electrons. The number of amides is 1. The highest BCUT2D eigenvalue weighted by Gasteiger charge is 2.22. The zero-order valence-electron chi connectivity index (χ0n) is 9.92. The van der Waals surface area contributed by atoms with Gasteiger partial charge < -0.3 is 10.4 Å². The zero-order chi connectivity index (χ0) is 15.7. The lowest BCUT2D eigenvalue weighted by atomic mass is 10.1. The molecule has 0 aliphatic heterocycles. The minimum atomic E-state index is -1.31. The van der Waals surface area contributed by atoms with Crippen LogP contribution in [0.2, 0.25) is 18.7 Å². The third-order valence-corrected chi connectivity index (χ3v) is 4.57. The van der Waals surface area contributed by atoms with E-state index in [0.717, 1.165) is 11.3 Å². The number of carboxylic acids is 1. The van der Waals surface area contributed by atoms with Crippen molar-refractivity contribution >= 4 is 75.3 Å². The summed E-state index contributed by atoms with van der Waals surface area (Å²) in [5, 5.41) is 11.6. The summed E-state index contributed by atoms with van der Waals surface area (Å²) in [4.78, 5) is 23.4. The highest BCUT2D eigenvalue weighted by atomic mass is 35.5. The number of halogens is 4. The predicted molar refractivity (Wildman–Crippen MR) is 85.7 cm³/mol. The number of rotatable bonds is 3. The van der Waals surface area contributed by atoms with Crippen LogP contribution in [0.1, 0.15) is 20.7 Å². The molecule has 1 aromatic heterocycles. The molecule has 0 spiro atoms. The Morgan fingerprint density at radius 2 is 1.71 bits per heavy atom. The van der Waals surface area contributed by atoms with Crippen molar-refractivity contribution in [3.63, 3.8) is 0 Å². The molecule has 1 amide bonds. The summed E-state index contributed by atoms with van der Waals surface area (Å²) in [7, 11) is 0.